The molecule has 0 unspecified atom stereocenters. The average Bonchev–Trinajstić information content (AvgIpc) is 1.80. The summed E-state index contributed by atoms with van der Waals surface area (Å²) >= 11 is 0. The summed E-state index contributed by atoms with van der Waals surface area (Å²) in [6.45, 7) is 4.36. The Labute approximate surface area is 56.5 Å². The van der Waals surface area contributed by atoms with Gasteiger partial charge >= 0.3 is 0 Å². The van der Waals surface area contributed by atoms with Crippen LogP contribution in [0.4, 0.5) is 0 Å². The van der Waals surface area contributed by atoms with Crippen LogP contribution in [0, 0.1) is 5.92 Å². The summed E-state index contributed by atoms with van der Waals surface area (Å²) < 4.78 is 0. The highest BCUT2D eigenvalue weighted by Gasteiger charge is 1.88. The zero-order chi connectivity index (χ0) is 7.11. The molecule has 0 aliphatic rings. The van der Waals surface area contributed by atoms with Gasteiger partial charge in [0.15, 0.2) is 0 Å². The van der Waals surface area contributed by atoms with Crippen LogP contribution >= 0.6 is 0 Å². The first kappa shape index (κ1) is 8.50. The Morgan fingerprint density at radius 2 is 2.22 bits per heavy atom. The summed E-state index contributed by atoms with van der Waals surface area (Å²) in [5, 5.41) is 8.09. The zero-order valence-corrected chi connectivity index (χ0v) is 6.09. The van der Waals surface area contributed by atoms with E-state index in [1.807, 2.05) is 11.6 Å². The molecule has 0 fully saturated rings. The zero-order valence-electron chi connectivity index (χ0n) is 6.09. The molecule has 0 bridgehead atoms. The molecule has 0 aromatic rings. The maximum absolute atomic E-state index is 8.09. The second-order valence-corrected chi connectivity index (χ2v) is 2.50. The lowest BCUT2D eigenvalue weighted by atomic mass is 10.1. The lowest BCUT2D eigenvalue weighted by molar-refractivity contribution is 0.214. The average molecular weight is 129 g/mol. The first-order valence-electron chi connectivity index (χ1n) is 3.32. The van der Waals surface area contributed by atoms with Crippen LogP contribution in [-0.4, -0.2) is 5.21 Å². The summed E-state index contributed by atoms with van der Waals surface area (Å²) in [4.78, 5) is 0. The standard InChI is InChI=1S/C7H15NO/c1-7(2)5-3-4-6-8-9/h4,6-9H,3,5H2,1-2H3/b6-4+. The predicted octanol–water partition coefficient (Wildman–Crippen LogP) is 1.92. The molecule has 0 saturated carbocycles. The first-order chi connectivity index (χ1) is 4.27. The van der Waals surface area contributed by atoms with Crippen molar-refractivity contribution in [1.82, 2.24) is 5.48 Å². The van der Waals surface area contributed by atoms with Crippen LogP contribution in [-0.2, 0) is 0 Å². The van der Waals surface area contributed by atoms with Gasteiger partial charge in [0.25, 0.3) is 0 Å². The fourth-order valence-electron chi connectivity index (χ4n) is 0.566. The lowest BCUT2D eigenvalue weighted by Gasteiger charge is -1.98. The molecule has 9 heavy (non-hydrogen) atoms. The van der Waals surface area contributed by atoms with Gasteiger partial charge < -0.3 is 0 Å². The topological polar surface area (TPSA) is 32.3 Å². The maximum Gasteiger partial charge on any atom is 0.0200 e. The third-order valence-corrected chi connectivity index (χ3v) is 1.10. The van der Waals surface area contributed by atoms with Gasteiger partial charge in [0, 0.05) is 6.20 Å². The van der Waals surface area contributed by atoms with E-state index in [2.05, 4.69) is 13.8 Å². The first-order valence-corrected chi connectivity index (χ1v) is 3.32. The van der Waals surface area contributed by atoms with Gasteiger partial charge in [-0.1, -0.05) is 19.9 Å². The molecule has 0 aliphatic carbocycles. The van der Waals surface area contributed by atoms with Crippen LogP contribution in [0.25, 0.3) is 0 Å². The molecule has 0 spiro atoms. The summed E-state index contributed by atoms with van der Waals surface area (Å²) in [6, 6.07) is 0. The number of allylic oxidation sites excluding steroid dienone is 1. The Kier molecular flexibility index (Phi) is 5.32. The van der Waals surface area contributed by atoms with E-state index in [0.717, 1.165) is 12.3 Å². The summed E-state index contributed by atoms with van der Waals surface area (Å²) in [5.74, 6) is 0.744. The van der Waals surface area contributed by atoms with Gasteiger partial charge in [-0.3, -0.25) is 10.7 Å². The fraction of sp³-hybridized carbons (Fsp3) is 0.714. The van der Waals surface area contributed by atoms with Gasteiger partial charge in [-0.2, -0.15) is 0 Å². The highest BCUT2D eigenvalue weighted by molar-refractivity contribution is 4.76. The van der Waals surface area contributed by atoms with E-state index in [1.54, 1.807) is 6.20 Å². The van der Waals surface area contributed by atoms with E-state index >= 15 is 0 Å². The van der Waals surface area contributed by atoms with Gasteiger partial charge in [0.2, 0.25) is 0 Å². The molecule has 2 N–H and O–H groups in total. The third-order valence-electron chi connectivity index (χ3n) is 1.10. The van der Waals surface area contributed by atoms with Gasteiger partial charge in [-0.05, 0) is 18.8 Å². The molecule has 0 saturated heterocycles. The molecule has 0 aromatic carbocycles. The van der Waals surface area contributed by atoms with E-state index in [0.29, 0.717) is 0 Å². The van der Waals surface area contributed by atoms with Crippen molar-refractivity contribution in [2.24, 2.45) is 5.92 Å². The molecule has 54 valence electrons. The van der Waals surface area contributed by atoms with Crippen LogP contribution in [0.1, 0.15) is 26.7 Å². The monoisotopic (exact) mass is 129 g/mol. The van der Waals surface area contributed by atoms with E-state index in [9.17, 15) is 0 Å². The molecule has 0 aromatic heterocycles. The van der Waals surface area contributed by atoms with Gasteiger partial charge in [0.1, 0.15) is 0 Å². The quantitative estimate of drug-likeness (QED) is 0.568. The molecule has 2 heteroatoms. The van der Waals surface area contributed by atoms with Gasteiger partial charge in [0.05, 0.1) is 0 Å². The number of hydrogen-bond donors (Lipinski definition) is 2. The van der Waals surface area contributed by atoms with E-state index in [1.165, 1.54) is 6.42 Å². The molecular weight excluding hydrogens is 114 g/mol. The van der Waals surface area contributed by atoms with Crippen molar-refractivity contribution in [3.05, 3.63) is 12.3 Å². The van der Waals surface area contributed by atoms with Gasteiger partial charge in [-0.15, -0.1) is 0 Å². The van der Waals surface area contributed by atoms with Gasteiger partial charge in [-0.25, -0.2) is 0 Å². The number of rotatable bonds is 4. The predicted molar refractivity (Wildman–Crippen MR) is 38.1 cm³/mol. The fourth-order valence-corrected chi connectivity index (χ4v) is 0.566. The minimum Gasteiger partial charge on any atom is -0.292 e. The largest absolute Gasteiger partial charge is 0.292 e. The normalized spacial score (nSPS) is 11.1. The highest BCUT2D eigenvalue weighted by atomic mass is 16.5. The van der Waals surface area contributed by atoms with Crippen molar-refractivity contribution < 1.29 is 5.21 Å². The molecule has 0 atom stereocenters. The van der Waals surface area contributed by atoms with E-state index in [4.69, 9.17) is 5.21 Å². The van der Waals surface area contributed by atoms with Crippen molar-refractivity contribution in [2.75, 3.05) is 0 Å². The Balaban J connectivity index is 2.99. The SMILES string of the molecule is CC(C)CC/C=C/NO. The van der Waals surface area contributed by atoms with Crippen LogP contribution in [0.5, 0.6) is 0 Å². The molecule has 0 heterocycles. The number of hydrogen-bond acceptors (Lipinski definition) is 2. The smallest absolute Gasteiger partial charge is 0.0200 e. The Bertz CT molecular complexity index is 79.0. The summed E-state index contributed by atoms with van der Waals surface area (Å²) in [5.41, 5.74) is 1.96. The lowest BCUT2D eigenvalue weighted by Crippen LogP contribution is -1.92. The van der Waals surface area contributed by atoms with Crippen LogP contribution in [0.2, 0.25) is 0 Å². The van der Waals surface area contributed by atoms with Crippen molar-refractivity contribution in [3.63, 3.8) is 0 Å². The second kappa shape index (κ2) is 5.63. The third kappa shape index (κ3) is 7.50. The van der Waals surface area contributed by atoms with E-state index < -0.39 is 0 Å². The number of nitrogens with one attached hydrogen (secondary N) is 1. The molecule has 0 rings (SSSR count). The van der Waals surface area contributed by atoms with Crippen LogP contribution in [0.3, 0.4) is 0 Å². The summed E-state index contributed by atoms with van der Waals surface area (Å²) in [7, 11) is 0. The Morgan fingerprint density at radius 1 is 1.56 bits per heavy atom. The minimum atomic E-state index is 0.744. The minimum absolute atomic E-state index is 0.744. The molecule has 0 radical (unpaired) electrons. The van der Waals surface area contributed by atoms with Crippen molar-refractivity contribution in [1.29, 1.82) is 0 Å². The Morgan fingerprint density at radius 3 is 2.67 bits per heavy atom. The van der Waals surface area contributed by atoms with Crippen molar-refractivity contribution in [3.8, 4) is 0 Å². The second-order valence-electron chi connectivity index (χ2n) is 2.50. The molecular formula is C7H15NO. The summed E-state index contributed by atoms with van der Waals surface area (Å²) in [6.07, 6.45) is 5.67. The van der Waals surface area contributed by atoms with Crippen LogP contribution in [0.15, 0.2) is 12.3 Å². The molecule has 2 nitrogen and oxygen atoms in total. The highest BCUT2D eigenvalue weighted by Crippen LogP contribution is 2.02. The molecule has 0 amide bonds. The Hall–Kier alpha value is -0.500. The van der Waals surface area contributed by atoms with E-state index in [-0.39, 0.29) is 0 Å². The number of hydroxylamine groups is 1. The van der Waals surface area contributed by atoms with Crippen LogP contribution < -0.4 is 5.48 Å². The van der Waals surface area contributed by atoms with Crippen molar-refractivity contribution >= 4 is 0 Å². The van der Waals surface area contributed by atoms with Crippen molar-refractivity contribution in [2.45, 2.75) is 26.7 Å². The maximum atomic E-state index is 8.09. The molecule has 0 aliphatic heterocycles.